The van der Waals surface area contributed by atoms with Gasteiger partial charge in [-0.15, -0.1) is 0 Å². The average Bonchev–Trinajstić information content (AvgIpc) is 1.39. The van der Waals surface area contributed by atoms with Crippen LogP contribution in [0.15, 0.2) is 0 Å². The molecule has 0 aromatic carbocycles. The summed E-state index contributed by atoms with van der Waals surface area (Å²) in [6, 6.07) is 0. The molecular formula is C2H2O4Rh. The van der Waals surface area contributed by atoms with E-state index in [1.807, 2.05) is 0 Å². The van der Waals surface area contributed by atoms with Gasteiger partial charge >= 0.3 is 19.5 Å². The fraction of sp³-hybridized carbons (Fsp3) is 0. The average molecular weight is 193 g/mol. The minimum atomic E-state index is -0.500. The van der Waals surface area contributed by atoms with E-state index in [1.165, 1.54) is 0 Å². The smallest absolute Gasteiger partial charge is 0.554 e. The van der Waals surface area contributed by atoms with E-state index in [2.05, 4.69) is 0 Å². The van der Waals surface area contributed by atoms with Gasteiger partial charge in [-0.25, -0.2) is 0 Å². The van der Waals surface area contributed by atoms with E-state index < -0.39 is 12.9 Å². The van der Waals surface area contributed by atoms with E-state index in [-0.39, 0.29) is 19.5 Å². The van der Waals surface area contributed by atoms with Gasteiger partial charge in [-0.05, 0) is 0 Å². The van der Waals surface area contributed by atoms with Crippen LogP contribution in [0.3, 0.4) is 0 Å². The molecule has 0 aliphatic carbocycles. The van der Waals surface area contributed by atoms with Crippen molar-refractivity contribution < 1.29 is 39.3 Å². The summed E-state index contributed by atoms with van der Waals surface area (Å²) < 4.78 is 0. The van der Waals surface area contributed by atoms with Gasteiger partial charge in [-0.1, -0.05) is 0 Å². The predicted molar refractivity (Wildman–Crippen MR) is 12.1 cm³/mol. The van der Waals surface area contributed by atoms with E-state index >= 15 is 0 Å². The van der Waals surface area contributed by atoms with Crippen LogP contribution in [0.1, 0.15) is 0 Å². The molecule has 0 unspecified atom stereocenters. The van der Waals surface area contributed by atoms with Crippen LogP contribution in [-0.2, 0) is 29.1 Å². The fourth-order valence-electron chi connectivity index (χ4n) is 0. The molecule has 5 heteroatoms. The zero-order valence-electron chi connectivity index (χ0n) is 3.12. The van der Waals surface area contributed by atoms with Crippen molar-refractivity contribution in [2.24, 2.45) is 0 Å². The van der Waals surface area contributed by atoms with Crippen molar-refractivity contribution in [2.45, 2.75) is 0 Å². The van der Waals surface area contributed by atoms with Crippen LogP contribution in [0, 0.1) is 0 Å². The van der Waals surface area contributed by atoms with Gasteiger partial charge < -0.3 is 19.8 Å². The Balaban J connectivity index is -0.0000000400. The topological polar surface area (TPSA) is 80.3 Å². The molecule has 43 valence electrons. The Morgan fingerprint density at radius 1 is 1.00 bits per heavy atom. The van der Waals surface area contributed by atoms with Crippen LogP contribution in [-0.4, -0.2) is 12.9 Å². The Hall–Kier alpha value is -0.437. The second-order valence-corrected chi connectivity index (χ2v) is 0.192. The molecule has 0 fully saturated rings. The second-order valence-electron chi connectivity index (χ2n) is 0.192. The number of carboxylic acid groups (broad SMARTS) is 2. The Bertz CT molecular complexity index is 30.7. The molecule has 0 aromatic rings. The molecule has 0 heterocycles. The van der Waals surface area contributed by atoms with Crippen LogP contribution in [0.4, 0.5) is 0 Å². The molecule has 0 spiro atoms. The predicted octanol–water partition coefficient (Wildman–Crippen LogP) is -3.27. The minimum absolute atomic E-state index is 0. The number of hydrogen-bond donors (Lipinski definition) is 0. The molecule has 0 bridgehead atoms. The van der Waals surface area contributed by atoms with Crippen LogP contribution in [0.2, 0.25) is 0 Å². The molecule has 0 N–H and O–H groups in total. The quantitative estimate of drug-likeness (QED) is 0.298. The molecule has 0 aliphatic heterocycles. The van der Waals surface area contributed by atoms with Crippen molar-refractivity contribution in [3.63, 3.8) is 0 Å². The number of rotatable bonds is 0. The SMILES string of the molecule is O=C[O-].O=C[O-].[Rh+2]. The van der Waals surface area contributed by atoms with Gasteiger partial charge in [-0.2, -0.15) is 0 Å². The van der Waals surface area contributed by atoms with Gasteiger partial charge in [0.15, 0.2) is 0 Å². The van der Waals surface area contributed by atoms with Gasteiger partial charge in [0.1, 0.15) is 0 Å². The van der Waals surface area contributed by atoms with E-state index in [1.54, 1.807) is 0 Å². The third kappa shape index (κ3) is 371. The van der Waals surface area contributed by atoms with Crippen molar-refractivity contribution in [2.75, 3.05) is 0 Å². The van der Waals surface area contributed by atoms with Crippen LogP contribution in [0.25, 0.3) is 0 Å². The third-order valence-electron chi connectivity index (χ3n) is 0. The molecule has 0 saturated heterocycles. The molecule has 0 amide bonds. The summed E-state index contributed by atoms with van der Waals surface area (Å²) >= 11 is 0. The van der Waals surface area contributed by atoms with Crippen molar-refractivity contribution >= 4 is 12.9 Å². The molecule has 7 heavy (non-hydrogen) atoms. The molecular weight excluding hydrogens is 191 g/mol. The van der Waals surface area contributed by atoms with Gasteiger partial charge in [0, 0.05) is 12.9 Å². The summed E-state index contributed by atoms with van der Waals surface area (Å²) in [5.41, 5.74) is 0. The first-order valence-electron chi connectivity index (χ1n) is 0.943. The summed E-state index contributed by atoms with van der Waals surface area (Å²) in [4.78, 5) is 16.5. The monoisotopic (exact) mass is 193 g/mol. The first kappa shape index (κ1) is 16.0. The molecule has 0 atom stereocenters. The zero-order chi connectivity index (χ0) is 5.41. The normalized spacial score (nSPS) is 3.43. The van der Waals surface area contributed by atoms with Crippen molar-refractivity contribution in [3.8, 4) is 0 Å². The molecule has 0 aliphatic rings. The van der Waals surface area contributed by atoms with Crippen LogP contribution in [0.5, 0.6) is 0 Å². The van der Waals surface area contributed by atoms with E-state index in [0.29, 0.717) is 0 Å². The van der Waals surface area contributed by atoms with Gasteiger partial charge in [0.2, 0.25) is 0 Å². The van der Waals surface area contributed by atoms with E-state index in [9.17, 15) is 0 Å². The largest absolute Gasteiger partial charge is 2.00 e. The number of carbonyl (C=O) groups is 2. The van der Waals surface area contributed by atoms with Gasteiger partial charge in [-0.3, -0.25) is 0 Å². The van der Waals surface area contributed by atoms with Gasteiger partial charge in [0.05, 0.1) is 0 Å². The Kier molecular flexibility index (Phi) is 108. The molecule has 0 rings (SSSR count). The van der Waals surface area contributed by atoms with Crippen molar-refractivity contribution in [3.05, 3.63) is 0 Å². The van der Waals surface area contributed by atoms with Crippen molar-refractivity contribution in [1.29, 1.82) is 0 Å². The van der Waals surface area contributed by atoms with E-state index in [4.69, 9.17) is 19.8 Å². The summed E-state index contributed by atoms with van der Waals surface area (Å²) in [7, 11) is 0. The number of hydrogen-bond acceptors (Lipinski definition) is 4. The molecule has 1 radical (unpaired) electrons. The molecule has 4 nitrogen and oxygen atoms in total. The Labute approximate surface area is 52.9 Å². The first-order chi connectivity index (χ1) is 2.83. The summed E-state index contributed by atoms with van der Waals surface area (Å²) in [6.45, 7) is -1.00. The maximum Gasteiger partial charge on any atom is 2.00 e. The molecule has 0 aromatic heterocycles. The van der Waals surface area contributed by atoms with Gasteiger partial charge in [0.25, 0.3) is 0 Å². The molecule has 0 saturated carbocycles. The van der Waals surface area contributed by atoms with E-state index in [0.717, 1.165) is 0 Å². The third-order valence-corrected chi connectivity index (χ3v) is 0. The fourth-order valence-corrected chi connectivity index (χ4v) is 0. The van der Waals surface area contributed by atoms with Crippen molar-refractivity contribution in [1.82, 2.24) is 0 Å². The maximum absolute atomic E-state index is 8.25. The van der Waals surface area contributed by atoms with Crippen LogP contribution < -0.4 is 10.2 Å². The second kappa shape index (κ2) is 47.4. The maximum atomic E-state index is 8.25. The summed E-state index contributed by atoms with van der Waals surface area (Å²) in [6.07, 6.45) is 0. The number of carbonyl (C=O) groups excluding carboxylic acids is 2. The minimum Gasteiger partial charge on any atom is -0.554 e. The Morgan fingerprint density at radius 3 is 1.00 bits per heavy atom. The summed E-state index contributed by atoms with van der Waals surface area (Å²) in [5, 5.41) is 16.5. The van der Waals surface area contributed by atoms with Crippen LogP contribution >= 0.6 is 0 Å². The Morgan fingerprint density at radius 2 is 1.00 bits per heavy atom. The standard InChI is InChI=1S/2CH2O2.Rh/c2*2-1-3;/h2*1H,(H,2,3);/q;;+2/p-2. The summed E-state index contributed by atoms with van der Waals surface area (Å²) in [5.74, 6) is 0. The zero-order valence-corrected chi connectivity index (χ0v) is 4.76. The first-order valence-corrected chi connectivity index (χ1v) is 0.943.